The first-order valence-corrected chi connectivity index (χ1v) is 6.05. The summed E-state index contributed by atoms with van der Waals surface area (Å²) >= 11 is 0. The molecule has 0 unspecified atom stereocenters. The number of hydrogen-bond acceptors (Lipinski definition) is 2. The van der Waals surface area contributed by atoms with Crippen LogP contribution >= 0.6 is 0 Å². The fourth-order valence-electron chi connectivity index (χ4n) is 1.54. The van der Waals surface area contributed by atoms with E-state index < -0.39 is 0 Å². The molecule has 0 N–H and O–H groups in total. The molecule has 92 valence electrons. The molecule has 1 aromatic rings. The van der Waals surface area contributed by atoms with Crippen molar-refractivity contribution in [1.82, 2.24) is 0 Å². The van der Waals surface area contributed by atoms with E-state index in [0.29, 0.717) is 6.61 Å². The number of carbonyl (C=O) groups is 1. The van der Waals surface area contributed by atoms with Gasteiger partial charge in [-0.3, -0.25) is 0 Å². The fraction of sp³-hybridized carbons (Fsp3) is 0.400. The van der Waals surface area contributed by atoms with E-state index in [2.05, 4.69) is 19.9 Å². The van der Waals surface area contributed by atoms with E-state index in [1.807, 2.05) is 25.1 Å². The Bertz CT molecular complexity index is 405. The van der Waals surface area contributed by atoms with Crippen molar-refractivity contribution in [2.45, 2.75) is 33.6 Å². The summed E-state index contributed by atoms with van der Waals surface area (Å²) in [5.41, 5.74) is 3.45. The Hall–Kier alpha value is -1.57. The van der Waals surface area contributed by atoms with Gasteiger partial charge in [-0.1, -0.05) is 37.1 Å². The lowest BCUT2D eigenvalue weighted by Crippen LogP contribution is -2.01. The standard InChI is InChI=1S/C15H20O2/c1-4-5-10-17-15(16)9-8-14-7-6-12(2)11-13(14)3/h6-9,11H,4-5,10H2,1-3H3/b9-8+. The van der Waals surface area contributed by atoms with Crippen LogP contribution in [-0.2, 0) is 9.53 Å². The Morgan fingerprint density at radius 1 is 1.35 bits per heavy atom. The molecule has 0 aliphatic heterocycles. The first-order chi connectivity index (χ1) is 8.13. The number of carbonyl (C=O) groups excluding carboxylic acids is 1. The molecule has 0 aromatic heterocycles. The summed E-state index contributed by atoms with van der Waals surface area (Å²) in [6.07, 6.45) is 5.26. The highest BCUT2D eigenvalue weighted by Crippen LogP contribution is 2.12. The van der Waals surface area contributed by atoms with Crippen molar-refractivity contribution < 1.29 is 9.53 Å². The highest BCUT2D eigenvalue weighted by Gasteiger charge is 1.98. The molecule has 2 nitrogen and oxygen atoms in total. The van der Waals surface area contributed by atoms with Gasteiger partial charge in [0.1, 0.15) is 0 Å². The molecule has 0 aliphatic carbocycles. The average Bonchev–Trinajstić information content (AvgIpc) is 2.28. The molecule has 0 spiro atoms. The van der Waals surface area contributed by atoms with Gasteiger partial charge in [0, 0.05) is 6.08 Å². The third kappa shape index (κ3) is 4.85. The van der Waals surface area contributed by atoms with Crippen LogP contribution in [0.1, 0.15) is 36.5 Å². The van der Waals surface area contributed by atoms with Gasteiger partial charge < -0.3 is 4.74 Å². The highest BCUT2D eigenvalue weighted by atomic mass is 16.5. The van der Waals surface area contributed by atoms with Gasteiger partial charge in [-0.2, -0.15) is 0 Å². The van der Waals surface area contributed by atoms with Crippen LogP contribution in [0.4, 0.5) is 0 Å². The minimum Gasteiger partial charge on any atom is -0.463 e. The van der Waals surface area contributed by atoms with Gasteiger partial charge in [-0.25, -0.2) is 4.79 Å². The van der Waals surface area contributed by atoms with Crippen LogP contribution in [0.25, 0.3) is 6.08 Å². The molecule has 0 saturated carbocycles. The normalized spacial score (nSPS) is 10.8. The lowest BCUT2D eigenvalue weighted by Gasteiger charge is -2.02. The minimum atomic E-state index is -0.265. The maximum absolute atomic E-state index is 11.4. The summed E-state index contributed by atoms with van der Waals surface area (Å²) in [7, 11) is 0. The number of hydrogen-bond donors (Lipinski definition) is 0. The number of rotatable bonds is 5. The van der Waals surface area contributed by atoms with Crippen molar-refractivity contribution in [3.63, 3.8) is 0 Å². The lowest BCUT2D eigenvalue weighted by atomic mass is 10.1. The molecular formula is C15H20O2. The smallest absolute Gasteiger partial charge is 0.330 e. The monoisotopic (exact) mass is 232 g/mol. The predicted octanol–water partition coefficient (Wildman–Crippen LogP) is 3.66. The minimum absolute atomic E-state index is 0.265. The van der Waals surface area contributed by atoms with Crippen LogP contribution in [0, 0.1) is 13.8 Å². The third-order valence-electron chi connectivity index (χ3n) is 2.57. The molecule has 2 heteroatoms. The molecule has 0 atom stereocenters. The summed E-state index contributed by atoms with van der Waals surface area (Å²) in [6, 6.07) is 6.15. The summed E-state index contributed by atoms with van der Waals surface area (Å²) in [4.78, 5) is 11.4. The SMILES string of the molecule is CCCCOC(=O)/C=C/c1ccc(C)cc1C. The van der Waals surface area contributed by atoms with Gasteiger partial charge in [0.05, 0.1) is 6.61 Å². The van der Waals surface area contributed by atoms with E-state index in [1.54, 1.807) is 0 Å². The number of esters is 1. The molecule has 0 bridgehead atoms. The third-order valence-corrected chi connectivity index (χ3v) is 2.57. The van der Waals surface area contributed by atoms with E-state index in [0.717, 1.165) is 18.4 Å². The maximum atomic E-state index is 11.4. The summed E-state index contributed by atoms with van der Waals surface area (Å²) in [5.74, 6) is -0.265. The predicted molar refractivity (Wildman–Crippen MR) is 70.8 cm³/mol. The van der Waals surface area contributed by atoms with E-state index in [4.69, 9.17) is 4.74 Å². The first-order valence-electron chi connectivity index (χ1n) is 6.05. The fourth-order valence-corrected chi connectivity index (χ4v) is 1.54. The van der Waals surface area contributed by atoms with Crippen molar-refractivity contribution in [3.05, 3.63) is 41.0 Å². The molecule has 0 saturated heterocycles. The largest absolute Gasteiger partial charge is 0.463 e. The molecule has 1 rings (SSSR count). The Balaban J connectivity index is 2.55. The van der Waals surface area contributed by atoms with Crippen LogP contribution in [0.15, 0.2) is 24.3 Å². The van der Waals surface area contributed by atoms with Gasteiger partial charge in [0.2, 0.25) is 0 Å². The number of aryl methyl sites for hydroxylation is 2. The van der Waals surface area contributed by atoms with Gasteiger partial charge in [0.15, 0.2) is 0 Å². The average molecular weight is 232 g/mol. The van der Waals surface area contributed by atoms with Crippen LogP contribution in [0.5, 0.6) is 0 Å². The Labute approximate surface area is 103 Å². The van der Waals surface area contributed by atoms with Crippen molar-refractivity contribution in [2.24, 2.45) is 0 Å². The lowest BCUT2D eigenvalue weighted by molar-refractivity contribution is -0.137. The maximum Gasteiger partial charge on any atom is 0.330 e. The van der Waals surface area contributed by atoms with Gasteiger partial charge in [0.25, 0.3) is 0 Å². The number of ether oxygens (including phenoxy) is 1. The molecular weight excluding hydrogens is 212 g/mol. The van der Waals surface area contributed by atoms with Crippen LogP contribution in [0.2, 0.25) is 0 Å². The van der Waals surface area contributed by atoms with Crippen molar-refractivity contribution in [3.8, 4) is 0 Å². The van der Waals surface area contributed by atoms with E-state index in [1.165, 1.54) is 17.2 Å². The Kier molecular flexibility index (Phi) is 5.47. The number of unbranched alkanes of at least 4 members (excludes halogenated alkanes) is 1. The topological polar surface area (TPSA) is 26.3 Å². The molecule has 0 aliphatic rings. The summed E-state index contributed by atoms with van der Waals surface area (Å²) < 4.78 is 5.04. The van der Waals surface area contributed by atoms with Gasteiger partial charge in [-0.05, 0) is 37.5 Å². The molecule has 1 aromatic carbocycles. The van der Waals surface area contributed by atoms with Gasteiger partial charge >= 0.3 is 5.97 Å². The zero-order chi connectivity index (χ0) is 12.7. The van der Waals surface area contributed by atoms with E-state index >= 15 is 0 Å². The zero-order valence-electron chi connectivity index (χ0n) is 10.8. The molecule has 0 fully saturated rings. The molecule has 0 amide bonds. The Morgan fingerprint density at radius 3 is 2.76 bits per heavy atom. The zero-order valence-corrected chi connectivity index (χ0v) is 10.8. The quantitative estimate of drug-likeness (QED) is 0.440. The van der Waals surface area contributed by atoms with E-state index in [9.17, 15) is 4.79 Å². The summed E-state index contributed by atoms with van der Waals surface area (Å²) in [5, 5.41) is 0. The molecule has 17 heavy (non-hydrogen) atoms. The van der Waals surface area contributed by atoms with Gasteiger partial charge in [-0.15, -0.1) is 0 Å². The van der Waals surface area contributed by atoms with Crippen LogP contribution in [0.3, 0.4) is 0 Å². The molecule has 0 radical (unpaired) electrons. The number of benzene rings is 1. The van der Waals surface area contributed by atoms with Crippen LogP contribution in [-0.4, -0.2) is 12.6 Å². The second-order valence-corrected chi connectivity index (χ2v) is 4.21. The molecule has 0 heterocycles. The van der Waals surface area contributed by atoms with Crippen molar-refractivity contribution >= 4 is 12.0 Å². The van der Waals surface area contributed by atoms with Crippen LogP contribution < -0.4 is 0 Å². The summed E-state index contributed by atoms with van der Waals surface area (Å²) in [6.45, 7) is 6.67. The van der Waals surface area contributed by atoms with E-state index in [-0.39, 0.29) is 5.97 Å². The van der Waals surface area contributed by atoms with Crippen molar-refractivity contribution in [2.75, 3.05) is 6.61 Å². The second-order valence-electron chi connectivity index (χ2n) is 4.21. The first kappa shape index (κ1) is 13.5. The second kappa shape index (κ2) is 6.89. The van der Waals surface area contributed by atoms with Crippen molar-refractivity contribution in [1.29, 1.82) is 0 Å². The highest BCUT2D eigenvalue weighted by molar-refractivity contribution is 5.87. The Morgan fingerprint density at radius 2 is 2.12 bits per heavy atom.